The van der Waals surface area contributed by atoms with Crippen LogP contribution in [0.2, 0.25) is 0 Å². The van der Waals surface area contributed by atoms with Crippen LogP contribution in [-0.2, 0) is 19.4 Å². The minimum atomic E-state index is 0.587. The van der Waals surface area contributed by atoms with Crippen molar-refractivity contribution in [2.24, 2.45) is 0 Å². The van der Waals surface area contributed by atoms with Gasteiger partial charge in [-0.1, -0.05) is 42.0 Å². The van der Waals surface area contributed by atoms with Crippen molar-refractivity contribution in [2.75, 3.05) is 0 Å². The zero-order valence-electron chi connectivity index (χ0n) is 13.5. The Balaban J connectivity index is 1.82. The highest BCUT2D eigenvalue weighted by Crippen LogP contribution is 2.18. The van der Waals surface area contributed by atoms with E-state index in [2.05, 4.69) is 60.0 Å². The van der Waals surface area contributed by atoms with Crippen LogP contribution in [0.25, 0.3) is 11.0 Å². The van der Waals surface area contributed by atoms with Gasteiger partial charge in [0.05, 0.1) is 17.1 Å². The molecule has 3 rings (SSSR count). The molecule has 0 aliphatic carbocycles. The molecule has 0 aliphatic rings. The quantitative estimate of drug-likeness (QED) is 0.632. The number of rotatable bonds is 6. The third kappa shape index (κ3) is 3.60. The van der Waals surface area contributed by atoms with Gasteiger partial charge >= 0.3 is 0 Å². The van der Waals surface area contributed by atoms with Crippen LogP contribution in [0.1, 0.15) is 29.8 Å². The maximum atomic E-state index is 8.78. The van der Waals surface area contributed by atoms with E-state index < -0.39 is 0 Å². The van der Waals surface area contributed by atoms with Crippen molar-refractivity contribution in [2.45, 2.75) is 39.2 Å². The van der Waals surface area contributed by atoms with Crippen molar-refractivity contribution < 1.29 is 0 Å². The second-order valence-electron chi connectivity index (χ2n) is 5.92. The standard InChI is InChI=1S/C20H21N3/c1-16-8-10-17(11-9-16)12-13-20-22-18-6-2-3-7-19(18)23(20)15-5-4-14-21/h2-3,6-11H,4-5,12-13,15H2,1H3. The maximum absolute atomic E-state index is 8.78. The summed E-state index contributed by atoms with van der Waals surface area (Å²) in [5.41, 5.74) is 4.84. The Hall–Kier alpha value is -2.60. The van der Waals surface area contributed by atoms with Gasteiger partial charge in [-0.15, -0.1) is 0 Å². The van der Waals surface area contributed by atoms with Crippen molar-refractivity contribution in [3.63, 3.8) is 0 Å². The van der Waals surface area contributed by atoms with E-state index in [1.165, 1.54) is 16.6 Å². The van der Waals surface area contributed by atoms with Crippen molar-refractivity contribution in [1.82, 2.24) is 9.55 Å². The predicted molar refractivity (Wildman–Crippen MR) is 93.2 cm³/mol. The first-order chi connectivity index (χ1) is 11.3. The smallest absolute Gasteiger partial charge is 0.110 e. The Morgan fingerprint density at radius 3 is 2.61 bits per heavy atom. The lowest BCUT2D eigenvalue weighted by Gasteiger charge is -2.08. The lowest BCUT2D eigenvalue weighted by molar-refractivity contribution is 0.630. The van der Waals surface area contributed by atoms with E-state index in [4.69, 9.17) is 10.2 Å². The Kier molecular flexibility index (Phi) is 4.73. The van der Waals surface area contributed by atoms with Gasteiger partial charge < -0.3 is 4.57 Å². The molecule has 0 N–H and O–H groups in total. The van der Waals surface area contributed by atoms with Crippen LogP contribution in [-0.4, -0.2) is 9.55 Å². The normalized spacial score (nSPS) is 10.8. The molecular formula is C20H21N3. The van der Waals surface area contributed by atoms with Gasteiger partial charge in [-0.25, -0.2) is 4.98 Å². The molecule has 0 saturated carbocycles. The molecule has 3 aromatic rings. The van der Waals surface area contributed by atoms with Crippen LogP contribution in [0, 0.1) is 18.3 Å². The molecule has 0 atom stereocenters. The van der Waals surface area contributed by atoms with Gasteiger partial charge in [0.1, 0.15) is 5.82 Å². The highest BCUT2D eigenvalue weighted by molar-refractivity contribution is 5.75. The molecule has 0 saturated heterocycles. The summed E-state index contributed by atoms with van der Waals surface area (Å²) in [5.74, 6) is 1.12. The first kappa shape index (κ1) is 15.3. The topological polar surface area (TPSA) is 41.6 Å². The van der Waals surface area contributed by atoms with Crippen LogP contribution in [0.4, 0.5) is 0 Å². The molecule has 0 unspecified atom stereocenters. The highest BCUT2D eigenvalue weighted by atomic mass is 15.1. The molecule has 3 heteroatoms. The van der Waals surface area contributed by atoms with Gasteiger partial charge in [-0.2, -0.15) is 5.26 Å². The van der Waals surface area contributed by atoms with Crippen molar-refractivity contribution in [3.05, 3.63) is 65.5 Å². The number of hydrogen-bond acceptors (Lipinski definition) is 2. The number of fused-ring (bicyclic) bond motifs is 1. The molecule has 0 fully saturated rings. The average molecular weight is 303 g/mol. The van der Waals surface area contributed by atoms with E-state index in [9.17, 15) is 0 Å². The monoisotopic (exact) mass is 303 g/mol. The van der Waals surface area contributed by atoms with Crippen molar-refractivity contribution >= 4 is 11.0 Å². The summed E-state index contributed by atoms with van der Waals surface area (Å²) in [6.07, 6.45) is 3.37. The van der Waals surface area contributed by atoms with E-state index in [1.807, 2.05) is 6.07 Å². The lowest BCUT2D eigenvalue weighted by Crippen LogP contribution is -2.05. The van der Waals surface area contributed by atoms with E-state index in [0.29, 0.717) is 6.42 Å². The molecule has 0 amide bonds. The fourth-order valence-corrected chi connectivity index (χ4v) is 2.89. The summed E-state index contributed by atoms with van der Waals surface area (Å²) in [4.78, 5) is 4.80. The number of hydrogen-bond donors (Lipinski definition) is 0. The number of para-hydroxylation sites is 2. The van der Waals surface area contributed by atoms with E-state index in [1.54, 1.807) is 0 Å². The molecular weight excluding hydrogens is 282 g/mol. The van der Waals surface area contributed by atoms with Crippen LogP contribution in [0.5, 0.6) is 0 Å². The predicted octanol–water partition coefficient (Wildman–Crippen LogP) is 4.43. The van der Waals surface area contributed by atoms with Crippen molar-refractivity contribution in [3.8, 4) is 6.07 Å². The zero-order chi connectivity index (χ0) is 16.1. The third-order valence-corrected chi connectivity index (χ3v) is 4.16. The highest BCUT2D eigenvalue weighted by Gasteiger charge is 2.10. The zero-order valence-corrected chi connectivity index (χ0v) is 13.5. The van der Waals surface area contributed by atoms with Gasteiger partial charge in [0, 0.05) is 19.4 Å². The summed E-state index contributed by atoms with van der Waals surface area (Å²) in [6, 6.07) is 19.2. The number of unbranched alkanes of at least 4 members (excludes halogenated alkanes) is 1. The second-order valence-corrected chi connectivity index (χ2v) is 5.92. The largest absolute Gasteiger partial charge is 0.328 e. The number of aryl methyl sites for hydroxylation is 4. The molecule has 0 radical (unpaired) electrons. The minimum absolute atomic E-state index is 0.587. The van der Waals surface area contributed by atoms with E-state index in [-0.39, 0.29) is 0 Å². The first-order valence-electron chi connectivity index (χ1n) is 8.14. The van der Waals surface area contributed by atoms with Crippen LogP contribution in [0.15, 0.2) is 48.5 Å². The Morgan fingerprint density at radius 2 is 1.83 bits per heavy atom. The van der Waals surface area contributed by atoms with Crippen molar-refractivity contribution in [1.29, 1.82) is 5.26 Å². The van der Waals surface area contributed by atoms with Gasteiger partial charge in [0.25, 0.3) is 0 Å². The molecule has 0 aliphatic heterocycles. The Bertz CT molecular complexity index is 822. The lowest BCUT2D eigenvalue weighted by atomic mass is 10.1. The molecule has 0 spiro atoms. The Labute approximate surface area is 137 Å². The molecule has 116 valence electrons. The number of benzene rings is 2. The fourth-order valence-electron chi connectivity index (χ4n) is 2.89. The summed E-state index contributed by atoms with van der Waals surface area (Å²) >= 11 is 0. The number of imidazole rings is 1. The first-order valence-corrected chi connectivity index (χ1v) is 8.14. The van der Waals surface area contributed by atoms with Gasteiger partial charge in [-0.3, -0.25) is 0 Å². The average Bonchev–Trinajstić information content (AvgIpc) is 2.93. The van der Waals surface area contributed by atoms with Gasteiger partial charge in [0.15, 0.2) is 0 Å². The fraction of sp³-hybridized carbons (Fsp3) is 0.300. The van der Waals surface area contributed by atoms with Gasteiger partial charge in [-0.05, 0) is 37.5 Å². The third-order valence-electron chi connectivity index (χ3n) is 4.16. The summed E-state index contributed by atoms with van der Waals surface area (Å²) in [6.45, 7) is 2.97. The van der Waals surface area contributed by atoms with E-state index in [0.717, 1.165) is 37.1 Å². The number of nitrogens with zero attached hydrogens (tertiary/aromatic N) is 3. The number of aromatic nitrogens is 2. The summed E-state index contributed by atoms with van der Waals surface area (Å²) < 4.78 is 2.28. The summed E-state index contributed by atoms with van der Waals surface area (Å²) in [7, 11) is 0. The minimum Gasteiger partial charge on any atom is -0.328 e. The maximum Gasteiger partial charge on any atom is 0.110 e. The molecule has 0 bridgehead atoms. The second kappa shape index (κ2) is 7.11. The van der Waals surface area contributed by atoms with E-state index >= 15 is 0 Å². The van der Waals surface area contributed by atoms with Crippen LogP contribution >= 0.6 is 0 Å². The Morgan fingerprint density at radius 1 is 1.04 bits per heavy atom. The van der Waals surface area contributed by atoms with Crippen LogP contribution < -0.4 is 0 Å². The van der Waals surface area contributed by atoms with Crippen LogP contribution in [0.3, 0.4) is 0 Å². The van der Waals surface area contributed by atoms with Gasteiger partial charge in [0.2, 0.25) is 0 Å². The molecule has 1 aromatic heterocycles. The molecule has 2 aromatic carbocycles. The molecule has 3 nitrogen and oxygen atoms in total. The summed E-state index contributed by atoms with van der Waals surface area (Å²) in [5, 5.41) is 8.78. The molecule has 1 heterocycles. The SMILES string of the molecule is Cc1ccc(CCc2nc3ccccc3n2CCCC#N)cc1. The molecule has 23 heavy (non-hydrogen) atoms. The number of nitriles is 1.